The number of esters is 1. The van der Waals surface area contributed by atoms with Crippen LogP contribution in [0.2, 0.25) is 5.02 Å². The molecule has 1 aliphatic carbocycles. The van der Waals surface area contributed by atoms with E-state index in [-0.39, 0.29) is 24.5 Å². The normalized spacial score (nSPS) is 24.1. The SMILES string of the molecule is CCOC(=O)[C@@H](CSCc1ccc(Cl)cc1)N[C@@H](C)C(=O)N1C(C(=O)O)CC2CCCCC21. The van der Waals surface area contributed by atoms with E-state index >= 15 is 0 Å². The van der Waals surface area contributed by atoms with Gasteiger partial charge >= 0.3 is 11.9 Å². The number of ether oxygens (including phenoxy) is 1. The van der Waals surface area contributed by atoms with Crippen LogP contribution < -0.4 is 5.32 Å². The molecule has 0 radical (unpaired) electrons. The predicted molar refractivity (Wildman–Crippen MR) is 129 cm³/mol. The van der Waals surface area contributed by atoms with Gasteiger partial charge in [0.25, 0.3) is 0 Å². The number of amides is 1. The van der Waals surface area contributed by atoms with E-state index in [0.717, 1.165) is 31.2 Å². The minimum absolute atomic E-state index is 0.0306. The van der Waals surface area contributed by atoms with Crippen molar-refractivity contribution < 1.29 is 24.2 Å². The molecule has 1 amide bonds. The zero-order valence-electron chi connectivity index (χ0n) is 19.2. The van der Waals surface area contributed by atoms with E-state index in [1.54, 1.807) is 30.5 Å². The van der Waals surface area contributed by atoms with E-state index in [4.69, 9.17) is 16.3 Å². The smallest absolute Gasteiger partial charge is 0.326 e. The van der Waals surface area contributed by atoms with Gasteiger partial charge in [-0.05, 0) is 56.7 Å². The Morgan fingerprint density at radius 1 is 1.24 bits per heavy atom. The van der Waals surface area contributed by atoms with E-state index in [1.165, 1.54) is 0 Å². The fourth-order valence-electron chi connectivity index (χ4n) is 4.90. The van der Waals surface area contributed by atoms with Gasteiger partial charge in [-0.1, -0.05) is 36.6 Å². The molecule has 2 fully saturated rings. The van der Waals surface area contributed by atoms with Crippen LogP contribution in [-0.2, 0) is 24.9 Å². The molecule has 2 N–H and O–H groups in total. The Hall–Kier alpha value is -1.77. The largest absolute Gasteiger partial charge is 0.480 e. The Morgan fingerprint density at radius 3 is 2.61 bits per heavy atom. The number of carboxylic acid groups (broad SMARTS) is 1. The maximum absolute atomic E-state index is 13.4. The van der Waals surface area contributed by atoms with Crippen LogP contribution in [0.5, 0.6) is 0 Å². The molecule has 7 nitrogen and oxygen atoms in total. The van der Waals surface area contributed by atoms with Crippen molar-refractivity contribution in [3.8, 4) is 0 Å². The zero-order valence-corrected chi connectivity index (χ0v) is 20.7. The van der Waals surface area contributed by atoms with Crippen molar-refractivity contribution in [1.29, 1.82) is 0 Å². The van der Waals surface area contributed by atoms with Gasteiger partial charge in [-0.25, -0.2) is 4.79 Å². The summed E-state index contributed by atoms with van der Waals surface area (Å²) in [6.07, 6.45) is 4.40. The fourth-order valence-corrected chi connectivity index (χ4v) is 6.04. The highest BCUT2D eigenvalue weighted by Crippen LogP contribution is 2.40. The molecule has 5 atom stereocenters. The van der Waals surface area contributed by atoms with E-state index < -0.39 is 30.1 Å². The van der Waals surface area contributed by atoms with Gasteiger partial charge in [-0.2, -0.15) is 11.8 Å². The third-order valence-electron chi connectivity index (χ3n) is 6.49. The Labute approximate surface area is 204 Å². The number of aliphatic carboxylic acids is 1. The van der Waals surface area contributed by atoms with E-state index in [9.17, 15) is 19.5 Å². The number of likely N-dealkylation sites (tertiary alicyclic amines) is 1. The second-order valence-electron chi connectivity index (χ2n) is 8.78. The first kappa shape index (κ1) is 25.8. The van der Waals surface area contributed by atoms with E-state index in [1.807, 2.05) is 24.3 Å². The van der Waals surface area contributed by atoms with Crippen LogP contribution in [-0.4, -0.2) is 64.4 Å². The number of rotatable bonds is 10. The van der Waals surface area contributed by atoms with Gasteiger partial charge < -0.3 is 14.7 Å². The molecular formula is C24H33ClN2O5S. The van der Waals surface area contributed by atoms with E-state index in [0.29, 0.717) is 22.9 Å². The number of fused-ring (bicyclic) bond motifs is 1. The molecule has 33 heavy (non-hydrogen) atoms. The number of nitrogens with zero attached hydrogens (tertiary/aromatic N) is 1. The van der Waals surface area contributed by atoms with Gasteiger partial charge in [0.05, 0.1) is 12.6 Å². The summed E-state index contributed by atoms with van der Waals surface area (Å²) in [5.41, 5.74) is 1.08. The minimum Gasteiger partial charge on any atom is -0.480 e. The molecule has 9 heteroatoms. The summed E-state index contributed by atoms with van der Waals surface area (Å²) in [6, 6.07) is 5.33. The molecule has 1 aromatic rings. The van der Waals surface area contributed by atoms with Gasteiger partial charge in [-0.3, -0.25) is 14.9 Å². The lowest BCUT2D eigenvalue weighted by Gasteiger charge is -2.35. The van der Waals surface area contributed by atoms with Crippen molar-refractivity contribution >= 4 is 41.2 Å². The first-order chi connectivity index (χ1) is 15.8. The molecule has 1 saturated heterocycles. The Kier molecular flexibility index (Phi) is 9.47. The summed E-state index contributed by atoms with van der Waals surface area (Å²) in [6.45, 7) is 3.70. The lowest BCUT2D eigenvalue weighted by Crippen LogP contribution is -2.56. The fraction of sp³-hybridized carbons (Fsp3) is 0.625. The van der Waals surface area contributed by atoms with Gasteiger partial charge in [0, 0.05) is 22.6 Å². The van der Waals surface area contributed by atoms with Crippen molar-refractivity contribution in [3.63, 3.8) is 0 Å². The third-order valence-corrected chi connectivity index (χ3v) is 7.85. The quantitative estimate of drug-likeness (QED) is 0.476. The highest BCUT2D eigenvalue weighted by Gasteiger charge is 2.48. The molecule has 0 bridgehead atoms. The van der Waals surface area contributed by atoms with Gasteiger partial charge in [0.1, 0.15) is 12.1 Å². The molecule has 2 aliphatic rings. The van der Waals surface area contributed by atoms with Crippen LogP contribution >= 0.6 is 23.4 Å². The van der Waals surface area contributed by atoms with Gasteiger partial charge in [0.2, 0.25) is 5.91 Å². The first-order valence-corrected chi connectivity index (χ1v) is 13.1. The van der Waals surface area contributed by atoms with Gasteiger partial charge in [-0.15, -0.1) is 0 Å². The lowest BCUT2D eigenvalue weighted by molar-refractivity contribution is -0.151. The Morgan fingerprint density at radius 2 is 1.94 bits per heavy atom. The number of hydrogen-bond acceptors (Lipinski definition) is 6. The summed E-state index contributed by atoms with van der Waals surface area (Å²) in [7, 11) is 0. The summed E-state index contributed by atoms with van der Waals surface area (Å²) in [5.74, 6) is -0.264. The first-order valence-electron chi connectivity index (χ1n) is 11.6. The number of nitrogens with one attached hydrogen (secondary N) is 1. The Bertz CT molecular complexity index is 837. The van der Waals surface area contributed by atoms with Crippen LogP contribution in [0.3, 0.4) is 0 Å². The summed E-state index contributed by atoms with van der Waals surface area (Å²) in [4.78, 5) is 39.4. The summed E-state index contributed by atoms with van der Waals surface area (Å²) < 4.78 is 5.22. The van der Waals surface area contributed by atoms with Crippen molar-refractivity contribution in [2.24, 2.45) is 5.92 Å². The second-order valence-corrected chi connectivity index (χ2v) is 10.2. The molecule has 3 unspecified atom stereocenters. The maximum atomic E-state index is 13.4. The number of halogens is 1. The number of carbonyl (C=O) groups is 3. The highest BCUT2D eigenvalue weighted by atomic mass is 35.5. The lowest BCUT2D eigenvalue weighted by atomic mass is 9.84. The molecule has 1 saturated carbocycles. The minimum atomic E-state index is -0.953. The molecule has 0 aromatic heterocycles. The zero-order chi connectivity index (χ0) is 24.0. The molecule has 182 valence electrons. The third kappa shape index (κ3) is 6.64. The second kappa shape index (κ2) is 12.1. The standard InChI is InChI=1S/C24H33ClN2O5S/c1-3-32-24(31)19(14-33-13-16-8-10-18(25)11-9-16)26-15(2)22(28)27-20-7-5-4-6-17(20)12-21(27)23(29)30/h8-11,15,17,19-21,26H,3-7,12-14H2,1-2H3,(H,29,30)/t15-,17?,19+,20?,21?/m0/s1. The molecule has 3 rings (SSSR count). The van der Waals surface area contributed by atoms with Crippen molar-refractivity contribution in [1.82, 2.24) is 10.2 Å². The summed E-state index contributed by atoms with van der Waals surface area (Å²) >= 11 is 7.49. The van der Waals surface area contributed by atoms with Crippen molar-refractivity contribution in [2.45, 2.75) is 75.9 Å². The maximum Gasteiger partial charge on any atom is 0.326 e. The van der Waals surface area contributed by atoms with Crippen LogP contribution in [0, 0.1) is 5.92 Å². The predicted octanol–water partition coefficient (Wildman–Crippen LogP) is 3.73. The molecule has 0 spiro atoms. The number of carbonyl (C=O) groups excluding carboxylic acids is 2. The molecule has 1 aliphatic heterocycles. The number of thioether (sulfide) groups is 1. The summed E-state index contributed by atoms with van der Waals surface area (Å²) in [5, 5.41) is 13.5. The van der Waals surface area contributed by atoms with Crippen LogP contribution in [0.1, 0.15) is 51.5 Å². The average Bonchev–Trinajstić information content (AvgIpc) is 3.19. The molecule has 1 aromatic carbocycles. The van der Waals surface area contributed by atoms with Crippen molar-refractivity contribution in [3.05, 3.63) is 34.9 Å². The number of carboxylic acids is 1. The molecule has 1 heterocycles. The van der Waals surface area contributed by atoms with Gasteiger partial charge in [0.15, 0.2) is 0 Å². The van der Waals surface area contributed by atoms with E-state index in [2.05, 4.69) is 5.32 Å². The van der Waals surface area contributed by atoms with Crippen molar-refractivity contribution in [2.75, 3.05) is 12.4 Å². The molecular weight excluding hydrogens is 464 g/mol. The van der Waals surface area contributed by atoms with Crippen LogP contribution in [0.15, 0.2) is 24.3 Å². The van der Waals surface area contributed by atoms with Crippen LogP contribution in [0.25, 0.3) is 0 Å². The topological polar surface area (TPSA) is 95.9 Å². The average molecular weight is 497 g/mol. The monoisotopic (exact) mass is 496 g/mol. The highest BCUT2D eigenvalue weighted by molar-refractivity contribution is 7.98. The Balaban J connectivity index is 1.65. The van der Waals surface area contributed by atoms with Crippen LogP contribution in [0.4, 0.5) is 0 Å². The number of benzene rings is 1. The number of hydrogen-bond donors (Lipinski definition) is 2.